The van der Waals surface area contributed by atoms with Gasteiger partial charge in [-0.05, 0) is 37.4 Å². The normalized spacial score (nSPS) is 10.2. The van der Waals surface area contributed by atoms with Crippen molar-refractivity contribution in [2.45, 2.75) is 13.8 Å². The SMILES string of the molecule is CCOc1ccc(NC(=O)c2sccc2N)cc1OCC. The maximum absolute atomic E-state index is 12.1. The predicted molar refractivity (Wildman–Crippen MR) is 85.5 cm³/mol. The molecule has 6 heteroatoms. The van der Waals surface area contributed by atoms with Gasteiger partial charge in [-0.3, -0.25) is 4.79 Å². The van der Waals surface area contributed by atoms with Gasteiger partial charge in [0.25, 0.3) is 5.91 Å². The van der Waals surface area contributed by atoms with Crippen molar-refractivity contribution in [3.8, 4) is 11.5 Å². The van der Waals surface area contributed by atoms with E-state index in [1.54, 1.807) is 29.6 Å². The van der Waals surface area contributed by atoms with E-state index < -0.39 is 0 Å². The lowest BCUT2D eigenvalue weighted by Crippen LogP contribution is -2.12. The number of carbonyl (C=O) groups is 1. The summed E-state index contributed by atoms with van der Waals surface area (Å²) in [5.74, 6) is 1.04. The van der Waals surface area contributed by atoms with E-state index in [9.17, 15) is 4.79 Å². The lowest BCUT2D eigenvalue weighted by atomic mass is 10.2. The number of anilines is 2. The molecule has 1 aromatic heterocycles. The molecule has 0 radical (unpaired) electrons. The number of ether oxygens (including phenoxy) is 2. The number of carbonyl (C=O) groups excluding carboxylic acids is 1. The summed E-state index contributed by atoms with van der Waals surface area (Å²) >= 11 is 1.31. The number of nitrogen functional groups attached to an aromatic ring is 1. The van der Waals surface area contributed by atoms with E-state index in [0.29, 0.717) is 41.0 Å². The quantitative estimate of drug-likeness (QED) is 0.858. The van der Waals surface area contributed by atoms with Crippen molar-refractivity contribution in [2.75, 3.05) is 24.3 Å². The monoisotopic (exact) mass is 306 g/mol. The number of hydrogen-bond acceptors (Lipinski definition) is 5. The fraction of sp³-hybridized carbons (Fsp3) is 0.267. The first-order valence-corrected chi connectivity index (χ1v) is 7.57. The zero-order valence-corrected chi connectivity index (χ0v) is 12.8. The average Bonchev–Trinajstić information content (AvgIpc) is 2.88. The molecule has 0 aliphatic rings. The topological polar surface area (TPSA) is 73.6 Å². The van der Waals surface area contributed by atoms with E-state index in [-0.39, 0.29) is 5.91 Å². The molecule has 21 heavy (non-hydrogen) atoms. The lowest BCUT2D eigenvalue weighted by Gasteiger charge is -2.12. The molecule has 0 bridgehead atoms. The van der Waals surface area contributed by atoms with Crippen molar-refractivity contribution in [1.82, 2.24) is 0 Å². The fourth-order valence-corrected chi connectivity index (χ4v) is 2.53. The number of nitrogens with one attached hydrogen (secondary N) is 1. The van der Waals surface area contributed by atoms with Crippen LogP contribution in [0.5, 0.6) is 11.5 Å². The van der Waals surface area contributed by atoms with Crippen molar-refractivity contribution in [2.24, 2.45) is 0 Å². The summed E-state index contributed by atoms with van der Waals surface area (Å²) in [5, 5.41) is 4.59. The molecule has 0 aliphatic heterocycles. The van der Waals surface area contributed by atoms with Crippen LogP contribution >= 0.6 is 11.3 Å². The molecule has 112 valence electrons. The molecular formula is C15H18N2O3S. The number of hydrogen-bond donors (Lipinski definition) is 2. The van der Waals surface area contributed by atoms with E-state index in [1.807, 2.05) is 13.8 Å². The summed E-state index contributed by atoms with van der Waals surface area (Å²) in [5.41, 5.74) is 6.86. The summed E-state index contributed by atoms with van der Waals surface area (Å²) in [7, 11) is 0. The minimum absolute atomic E-state index is 0.228. The number of rotatable bonds is 6. The summed E-state index contributed by atoms with van der Waals surface area (Å²) in [6, 6.07) is 7.01. The molecule has 0 fully saturated rings. The molecule has 0 atom stereocenters. The van der Waals surface area contributed by atoms with Crippen molar-refractivity contribution >= 4 is 28.6 Å². The van der Waals surface area contributed by atoms with Crippen LogP contribution in [0.2, 0.25) is 0 Å². The highest BCUT2D eigenvalue weighted by Gasteiger charge is 2.13. The number of amides is 1. The second-order valence-electron chi connectivity index (χ2n) is 4.19. The minimum atomic E-state index is -0.228. The zero-order valence-electron chi connectivity index (χ0n) is 12.0. The van der Waals surface area contributed by atoms with Gasteiger partial charge in [0, 0.05) is 11.8 Å². The largest absolute Gasteiger partial charge is 0.490 e. The molecule has 0 saturated heterocycles. The summed E-state index contributed by atoms with van der Waals surface area (Å²) < 4.78 is 11.0. The van der Waals surface area contributed by atoms with E-state index in [1.165, 1.54) is 11.3 Å². The Labute approximate surface area is 127 Å². The first kappa shape index (κ1) is 15.2. The van der Waals surface area contributed by atoms with Gasteiger partial charge in [-0.15, -0.1) is 11.3 Å². The Morgan fingerprint density at radius 3 is 2.52 bits per heavy atom. The molecular weight excluding hydrogens is 288 g/mol. The van der Waals surface area contributed by atoms with Crippen LogP contribution in [-0.2, 0) is 0 Å². The van der Waals surface area contributed by atoms with Gasteiger partial charge < -0.3 is 20.5 Å². The van der Waals surface area contributed by atoms with Crippen LogP contribution in [0.1, 0.15) is 23.5 Å². The Morgan fingerprint density at radius 2 is 1.90 bits per heavy atom. The van der Waals surface area contributed by atoms with Crippen LogP contribution in [0.3, 0.4) is 0 Å². The fourth-order valence-electron chi connectivity index (χ4n) is 1.82. The van der Waals surface area contributed by atoms with Crippen LogP contribution in [-0.4, -0.2) is 19.1 Å². The van der Waals surface area contributed by atoms with Crippen LogP contribution in [0.25, 0.3) is 0 Å². The third kappa shape index (κ3) is 3.66. The molecule has 1 aromatic carbocycles. The maximum Gasteiger partial charge on any atom is 0.267 e. The van der Waals surface area contributed by atoms with E-state index >= 15 is 0 Å². The predicted octanol–water partition coefficient (Wildman–Crippen LogP) is 3.38. The van der Waals surface area contributed by atoms with Gasteiger partial charge in [-0.25, -0.2) is 0 Å². The number of nitrogens with two attached hydrogens (primary N) is 1. The second kappa shape index (κ2) is 6.99. The molecule has 3 N–H and O–H groups in total. The molecule has 0 unspecified atom stereocenters. The Hall–Kier alpha value is -2.21. The van der Waals surface area contributed by atoms with Crippen LogP contribution in [0.4, 0.5) is 11.4 Å². The average molecular weight is 306 g/mol. The van der Waals surface area contributed by atoms with Gasteiger partial charge in [-0.1, -0.05) is 0 Å². The van der Waals surface area contributed by atoms with Gasteiger partial charge in [0.1, 0.15) is 4.88 Å². The van der Waals surface area contributed by atoms with Crippen molar-refractivity contribution in [3.63, 3.8) is 0 Å². The van der Waals surface area contributed by atoms with Crippen molar-refractivity contribution < 1.29 is 14.3 Å². The first-order valence-electron chi connectivity index (χ1n) is 6.69. The van der Waals surface area contributed by atoms with Crippen LogP contribution < -0.4 is 20.5 Å². The highest BCUT2D eigenvalue weighted by molar-refractivity contribution is 7.12. The molecule has 1 amide bonds. The van der Waals surface area contributed by atoms with Gasteiger partial charge in [0.2, 0.25) is 0 Å². The lowest BCUT2D eigenvalue weighted by molar-refractivity contribution is 0.103. The molecule has 2 rings (SSSR count). The zero-order chi connectivity index (χ0) is 15.2. The first-order chi connectivity index (χ1) is 10.2. The second-order valence-corrected chi connectivity index (χ2v) is 5.10. The highest BCUT2D eigenvalue weighted by Crippen LogP contribution is 2.31. The summed E-state index contributed by atoms with van der Waals surface area (Å²) in [6.07, 6.45) is 0. The molecule has 0 saturated carbocycles. The van der Waals surface area contributed by atoms with Crippen LogP contribution in [0, 0.1) is 0 Å². The molecule has 1 heterocycles. The maximum atomic E-state index is 12.1. The molecule has 2 aromatic rings. The Bertz CT molecular complexity index is 625. The summed E-state index contributed by atoms with van der Waals surface area (Å²) in [6.45, 7) is 4.88. The Morgan fingerprint density at radius 1 is 1.19 bits per heavy atom. The molecule has 0 aliphatic carbocycles. The van der Waals surface area contributed by atoms with Crippen LogP contribution in [0.15, 0.2) is 29.6 Å². The number of thiophene rings is 1. The third-order valence-electron chi connectivity index (χ3n) is 2.70. The Balaban J connectivity index is 2.18. The highest BCUT2D eigenvalue weighted by atomic mass is 32.1. The number of benzene rings is 1. The Kier molecular flexibility index (Phi) is 5.05. The van der Waals surface area contributed by atoms with Gasteiger partial charge >= 0.3 is 0 Å². The third-order valence-corrected chi connectivity index (χ3v) is 3.63. The molecule has 0 spiro atoms. The van der Waals surface area contributed by atoms with E-state index in [2.05, 4.69) is 5.32 Å². The summed E-state index contributed by atoms with van der Waals surface area (Å²) in [4.78, 5) is 12.6. The van der Waals surface area contributed by atoms with Gasteiger partial charge in [0.15, 0.2) is 11.5 Å². The van der Waals surface area contributed by atoms with Crippen molar-refractivity contribution in [1.29, 1.82) is 0 Å². The van der Waals surface area contributed by atoms with E-state index in [0.717, 1.165) is 0 Å². The van der Waals surface area contributed by atoms with Crippen molar-refractivity contribution in [3.05, 3.63) is 34.5 Å². The van der Waals surface area contributed by atoms with Gasteiger partial charge in [-0.2, -0.15) is 0 Å². The minimum Gasteiger partial charge on any atom is -0.490 e. The smallest absolute Gasteiger partial charge is 0.267 e. The molecule has 5 nitrogen and oxygen atoms in total. The standard InChI is InChI=1S/C15H18N2O3S/c1-3-19-12-6-5-10(9-13(12)20-4-2)17-15(18)14-11(16)7-8-21-14/h5-9H,3-4,16H2,1-2H3,(H,17,18). The van der Waals surface area contributed by atoms with E-state index in [4.69, 9.17) is 15.2 Å². The van der Waals surface area contributed by atoms with Gasteiger partial charge in [0.05, 0.1) is 18.9 Å².